The number of hydrogen-bond acceptors (Lipinski definition) is 6. The number of halogens is 2. The number of nitrogens with zero attached hydrogens (tertiary/aromatic N) is 2. The van der Waals surface area contributed by atoms with Crippen LogP contribution in [0.2, 0.25) is 0 Å². The molecule has 0 saturated heterocycles. The number of alkyl halides is 2. The first-order valence-corrected chi connectivity index (χ1v) is 9.51. The van der Waals surface area contributed by atoms with Crippen molar-refractivity contribution in [2.75, 3.05) is 13.2 Å². The predicted molar refractivity (Wildman–Crippen MR) is 105 cm³/mol. The monoisotopic (exact) mass is 419 g/mol. The fourth-order valence-corrected chi connectivity index (χ4v) is 3.14. The van der Waals surface area contributed by atoms with E-state index in [1.807, 2.05) is 30.3 Å². The number of amides is 1. The first-order valence-electron chi connectivity index (χ1n) is 9.51. The molecule has 0 bridgehead atoms. The summed E-state index contributed by atoms with van der Waals surface area (Å²) in [6, 6.07) is 10.5. The Kier molecular flexibility index (Phi) is 7.42. The standard InChI is InChI=1S/C21H23F2N3O4/c1-13(27)19(14-5-3-2-4-6-14)26-18(28)10-16-9-15-11-25-20(17(15)12-24-16)29-7-8-30-21(22)23/h2-6,9,12-13,19,21,27H,7-8,10-11H2,1H3,(H,26,28)/t13-,19+/m0/s1. The van der Waals surface area contributed by atoms with Crippen LogP contribution in [0.4, 0.5) is 8.78 Å². The summed E-state index contributed by atoms with van der Waals surface area (Å²) in [5, 5.41) is 12.9. The molecule has 1 aliphatic heterocycles. The maximum absolute atomic E-state index is 12.5. The van der Waals surface area contributed by atoms with Gasteiger partial charge in [0.2, 0.25) is 11.8 Å². The average molecular weight is 419 g/mol. The highest BCUT2D eigenvalue weighted by Crippen LogP contribution is 2.21. The van der Waals surface area contributed by atoms with E-state index < -0.39 is 18.8 Å². The van der Waals surface area contributed by atoms with Crippen molar-refractivity contribution in [1.29, 1.82) is 0 Å². The lowest BCUT2D eigenvalue weighted by molar-refractivity contribution is -0.134. The number of carbonyl (C=O) groups excluding carboxylic acids is 1. The zero-order valence-electron chi connectivity index (χ0n) is 16.4. The lowest BCUT2D eigenvalue weighted by Gasteiger charge is -2.22. The maximum atomic E-state index is 12.5. The third kappa shape index (κ3) is 5.80. The van der Waals surface area contributed by atoms with Gasteiger partial charge in [-0.1, -0.05) is 30.3 Å². The molecule has 0 saturated carbocycles. The molecule has 7 nitrogen and oxygen atoms in total. The van der Waals surface area contributed by atoms with Crippen molar-refractivity contribution < 1.29 is 28.2 Å². The number of carbonyl (C=O) groups is 1. The molecule has 2 atom stereocenters. The summed E-state index contributed by atoms with van der Waals surface area (Å²) in [7, 11) is 0. The number of aromatic nitrogens is 1. The maximum Gasteiger partial charge on any atom is 0.345 e. The normalized spacial score (nSPS) is 14.8. The lowest BCUT2D eigenvalue weighted by atomic mass is 10.0. The zero-order chi connectivity index (χ0) is 21.5. The summed E-state index contributed by atoms with van der Waals surface area (Å²) >= 11 is 0. The molecule has 0 radical (unpaired) electrons. The van der Waals surface area contributed by atoms with E-state index in [0.717, 1.165) is 11.1 Å². The van der Waals surface area contributed by atoms with Crippen molar-refractivity contribution >= 4 is 11.8 Å². The van der Waals surface area contributed by atoms with Gasteiger partial charge in [-0.15, -0.1) is 0 Å². The molecule has 1 amide bonds. The van der Waals surface area contributed by atoms with Crippen LogP contribution in [0.15, 0.2) is 47.6 Å². The van der Waals surface area contributed by atoms with Crippen molar-refractivity contribution in [2.24, 2.45) is 4.99 Å². The van der Waals surface area contributed by atoms with Gasteiger partial charge in [0.15, 0.2) is 0 Å². The fraction of sp³-hybridized carbons (Fsp3) is 0.381. The lowest BCUT2D eigenvalue weighted by Crippen LogP contribution is -2.36. The molecule has 2 aromatic rings. The Hall–Kier alpha value is -2.91. The molecule has 0 fully saturated rings. The minimum atomic E-state index is -2.84. The second-order valence-electron chi connectivity index (χ2n) is 6.81. The summed E-state index contributed by atoms with van der Waals surface area (Å²) in [6.07, 6.45) is 0.842. The highest BCUT2D eigenvalue weighted by molar-refractivity contribution is 5.97. The number of aliphatic imine (C=N–C) groups is 1. The molecule has 160 valence electrons. The minimum Gasteiger partial charge on any atom is -0.475 e. The number of pyridine rings is 1. The van der Waals surface area contributed by atoms with E-state index in [1.165, 1.54) is 0 Å². The van der Waals surface area contributed by atoms with Crippen LogP contribution < -0.4 is 5.32 Å². The Morgan fingerprint density at radius 2 is 2.03 bits per heavy atom. The molecule has 1 aromatic heterocycles. The van der Waals surface area contributed by atoms with Crippen molar-refractivity contribution in [3.8, 4) is 0 Å². The summed E-state index contributed by atoms with van der Waals surface area (Å²) in [5.74, 6) is 0.0568. The molecule has 0 aliphatic carbocycles. The van der Waals surface area contributed by atoms with E-state index in [9.17, 15) is 18.7 Å². The van der Waals surface area contributed by atoms with E-state index in [1.54, 1.807) is 19.2 Å². The molecule has 9 heteroatoms. The summed E-state index contributed by atoms with van der Waals surface area (Å²) in [6.45, 7) is -1.15. The van der Waals surface area contributed by atoms with Crippen LogP contribution in [0.1, 0.15) is 35.3 Å². The van der Waals surface area contributed by atoms with E-state index in [-0.39, 0.29) is 25.5 Å². The van der Waals surface area contributed by atoms with Gasteiger partial charge in [0.1, 0.15) is 6.61 Å². The highest BCUT2D eigenvalue weighted by atomic mass is 19.3. The SMILES string of the molecule is C[C@H](O)[C@@H](NC(=O)Cc1cc2c(cn1)C(OCCOC(F)F)=NC2)c1ccccc1. The van der Waals surface area contributed by atoms with Crippen LogP contribution in [0.25, 0.3) is 0 Å². The third-order valence-electron chi connectivity index (χ3n) is 4.53. The van der Waals surface area contributed by atoms with Gasteiger partial charge in [-0.3, -0.25) is 9.78 Å². The van der Waals surface area contributed by atoms with Crippen LogP contribution in [0.3, 0.4) is 0 Å². The number of aliphatic hydroxyl groups excluding tert-OH is 1. The summed E-state index contributed by atoms with van der Waals surface area (Å²) in [4.78, 5) is 21.0. The topological polar surface area (TPSA) is 93.0 Å². The molecule has 3 rings (SSSR count). The second-order valence-corrected chi connectivity index (χ2v) is 6.81. The fourth-order valence-electron chi connectivity index (χ4n) is 3.14. The van der Waals surface area contributed by atoms with Gasteiger partial charge in [-0.05, 0) is 24.1 Å². The molecule has 2 N–H and O–H groups in total. The van der Waals surface area contributed by atoms with E-state index in [2.05, 4.69) is 20.0 Å². The van der Waals surface area contributed by atoms with Crippen LogP contribution >= 0.6 is 0 Å². The van der Waals surface area contributed by atoms with Crippen LogP contribution in [-0.4, -0.2) is 47.8 Å². The van der Waals surface area contributed by atoms with Gasteiger partial charge in [0.05, 0.1) is 43.0 Å². The number of aliphatic hydroxyl groups is 1. The number of hydrogen-bond donors (Lipinski definition) is 2. The van der Waals surface area contributed by atoms with Gasteiger partial charge in [0, 0.05) is 6.20 Å². The summed E-state index contributed by atoms with van der Waals surface area (Å²) < 4.78 is 33.5. The van der Waals surface area contributed by atoms with Crippen LogP contribution in [0, 0.1) is 0 Å². The largest absolute Gasteiger partial charge is 0.475 e. The van der Waals surface area contributed by atoms with E-state index in [4.69, 9.17) is 4.74 Å². The van der Waals surface area contributed by atoms with Gasteiger partial charge in [0.25, 0.3) is 0 Å². The van der Waals surface area contributed by atoms with Crippen molar-refractivity contribution in [2.45, 2.75) is 38.6 Å². The number of fused-ring (bicyclic) bond motifs is 1. The Bertz CT molecular complexity index is 891. The molecular formula is C21H23F2N3O4. The Labute approximate surface area is 172 Å². The molecule has 0 unspecified atom stereocenters. The van der Waals surface area contributed by atoms with Crippen LogP contribution in [0.5, 0.6) is 0 Å². The molecule has 0 spiro atoms. The quantitative estimate of drug-likeness (QED) is 0.609. The van der Waals surface area contributed by atoms with Gasteiger partial charge < -0.3 is 19.9 Å². The molecule has 2 heterocycles. The first-order chi connectivity index (χ1) is 14.4. The van der Waals surface area contributed by atoms with E-state index in [0.29, 0.717) is 23.7 Å². The number of ether oxygens (including phenoxy) is 2. The van der Waals surface area contributed by atoms with Crippen molar-refractivity contribution in [3.63, 3.8) is 0 Å². The molecule has 1 aromatic carbocycles. The zero-order valence-corrected chi connectivity index (χ0v) is 16.4. The van der Waals surface area contributed by atoms with Gasteiger partial charge >= 0.3 is 6.61 Å². The number of benzene rings is 1. The van der Waals surface area contributed by atoms with Gasteiger partial charge in [-0.25, -0.2) is 4.99 Å². The molecule has 1 aliphatic rings. The predicted octanol–water partition coefficient (Wildman–Crippen LogP) is 2.38. The Morgan fingerprint density at radius 3 is 2.73 bits per heavy atom. The van der Waals surface area contributed by atoms with Crippen molar-refractivity contribution in [1.82, 2.24) is 10.3 Å². The molecule has 30 heavy (non-hydrogen) atoms. The first kappa shape index (κ1) is 21.8. The number of rotatable bonds is 9. The smallest absolute Gasteiger partial charge is 0.345 e. The molecular weight excluding hydrogens is 396 g/mol. The number of nitrogens with one attached hydrogen (secondary N) is 1. The van der Waals surface area contributed by atoms with Crippen molar-refractivity contribution in [3.05, 3.63) is 65.0 Å². The minimum absolute atomic E-state index is 0.0434. The van der Waals surface area contributed by atoms with E-state index >= 15 is 0 Å². The third-order valence-corrected chi connectivity index (χ3v) is 4.53. The van der Waals surface area contributed by atoms with Crippen LogP contribution in [-0.2, 0) is 27.2 Å². The Balaban J connectivity index is 1.57. The highest BCUT2D eigenvalue weighted by Gasteiger charge is 2.22. The average Bonchev–Trinajstić information content (AvgIpc) is 3.12. The second kappa shape index (κ2) is 10.2. The Morgan fingerprint density at radius 1 is 1.27 bits per heavy atom. The van der Waals surface area contributed by atoms with Gasteiger partial charge in [-0.2, -0.15) is 8.78 Å². The summed E-state index contributed by atoms with van der Waals surface area (Å²) in [5.41, 5.74) is 2.88.